The second-order valence-electron chi connectivity index (χ2n) is 12.9. The predicted molar refractivity (Wildman–Crippen MR) is 173 cm³/mol. The summed E-state index contributed by atoms with van der Waals surface area (Å²) < 4.78 is 46.5. The van der Waals surface area contributed by atoms with Gasteiger partial charge in [-0.2, -0.15) is 5.26 Å². The van der Waals surface area contributed by atoms with Crippen LogP contribution in [0, 0.1) is 17.1 Å². The average molecular weight is 654 g/mol. The average Bonchev–Trinajstić information content (AvgIpc) is 3.59. The quantitative estimate of drug-likeness (QED) is 0.238. The topological polar surface area (TPSA) is 111 Å². The van der Waals surface area contributed by atoms with Crippen LogP contribution in [-0.4, -0.2) is 72.5 Å². The zero-order valence-electron chi connectivity index (χ0n) is 27.1. The number of hydrogen-bond acceptors (Lipinski definition) is 10. The SMILES string of the molecule is COC(=O)c1cc(OC)c2nc(CN3CCN(c4cccc5c4O[C@](C)(c4ccc(C#N)cc4F)O5)C4CCC43)n(C[C@@H]3CCO3)c2c1. The lowest BCUT2D eigenvalue weighted by Gasteiger charge is -2.54. The van der Waals surface area contributed by atoms with Gasteiger partial charge in [0.1, 0.15) is 22.9 Å². The molecule has 3 fully saturated rings. The van der Waals surface area contributed by atoms with Crippen LogP contribution in [0.15, 0.2) is 48.5 Å². The Balaban J connectivity index is 1.06. The van der Waals surface area contributed by atoms with Crippen molar-refractivity contribution in [2.75, 3.05) is 38.8 Å². The van der Waals surface area contributed by atoms with E-state index in [1.54, 1.807) is 32.2 Å². The molecule has 1 saturated carbocycles. The third-order valence-electron chi connectivity index (χ3n) is 10.2. The van der Waals surface area contributed by atoms with Crippen LogP contribution < -0.4 is 19.1 Å². The largest absolute Gasteiger partial charge is 0.494 e. The highest BCUT2D eigenvalue weighted by atomic mass is 19.1. The third-order valence-corrected chi connectivity index (χ3v) is 10.2. The number of nitriles is 1. The zero-order valence-corrected chi connectivity index (χ0v) is 27.1. The van der Waals surface area contributed by atoms with Gasteiger partial charge in [-0.05, 0) is 61.7 Å². The molecule has 248 valence electrons. The van der Waals surface area contributed by atoms with E-state index in [0.29, 0.717) is 47.5 Å². The number of ether oxygens (including phenoxy) is 5. The zero-order chi connectivity index (χ0) is 33.2. The van der Waals surface area contributed by atoms with E-state index in [2.05, 4.69) is 14.4 Å². The molecule has 48 heavy (non-hydrogen) atoms. The Bertz CT molecular complexity index is 1970. The number of carbonyl (C=O) groups is 1. The molecule has 2 saturated heterocycles. The summed E-state index contributed by atoms with van der Waals surface area (Å²) in [7, 11) is 2.95. The van der Waals surface area contributed by atoms with E-state index in [-0.39, 0.29) is 23.3 Å². The number of carbonyl (C=O) groups excluding carboxylic acids is 1. The number of imidazole rings is 1. The third kappa shape index (κ3) is 4.91. The minimum Gasteiger partial charge on any atom is -0.494 e. The molecule has 0 amide bonds. The first kappa shape index (κ1) is 30.5. The fourth-order valence-corrected chi connectivity index (χ4v) is 7.49. The Morgan fingerprint density at radius 3 is 2.62 bits per heavy atom. The molecule has 0 bridgehead atoms. The molecular weight excluding hydrogens is 617 g/mol. The predicted octanol–water partition coefficient (Wildman–Crippen LogP) is 5.13. The summed E-state index contributed by atoms with van der Waals surface area (Å²) in [5, 5.41) is 9.19. The maximum atomic E-state index is 15.1. The summed E-state index contributed by atoms with van der Waals surface area (Å²) in [5.41, 5.74) is 3.35. The van der Waals surface area contributed by atoms with Crippen molar-refractivity contribution in [3.8, 4) is 23.3 Å². The minimum atomic E-state index is -1.37. The molecule has 4 aliphatic rings. The van der Waals surface area contributed by atoms with Gasteiger partial charge < -0.3 is 33.2 Å². The van der Waals surface area contributed by atoms with E-state index in [4.69, 9.17) is 28.7 Å². The monoisotopic (exact) mass is 653 g/mol. The number of halogens is 1. The van der Waals surface area contributed by atoms with E-state index in [9.17, 15) is 10.1 Å². The van der Waals surface area contributed by atoms with Crippen molar-refractivity contribution in [3.63, 3.8) is 0 Å². The summed E-state index contributed by atoms with van der Waals surface area (Å²) >= 11 is 0. The Morgan fingerprint density at radius 2 is 1.94 bits per heavy atom. The smallest absolute Gasteiger partial charge is 0.338 e. The van der Waals surface area contributed by atoms with Gasteiger partial charge in [0, 0.05) is 38.7 Å². The van der Waals surface area contributed by atoms with Crippen LogP contribution in [-0.2, 0) is 28.4 Å². The lowest BCUT2D eigenvalue weighted by atomic mass is 9.81. The molecule has 8 rings (SSSR count). The van der Waals surface area contributed by atoms with Crippen molar-refractivity contribution in [1.29, 1.82) is 5.26 Å². The number of nitrogens with zero attached hydrogens (tertiary/aromatic N) is 5. The summed E-state index contributed by atoms with van der Waals surface area (Å²) in [6.45, 7) is 5.27. The van der Waals surface area contributed by atoms with Gasteiger partial charge in [-0.1, -0.05) is 6.07 Å². The van der Waals surface area contributed by atoms with Crippen molar-refractivity contribution in [3.05, 3.63) is 76.9 Å². The maximum absolute atomic E-state index is 15.1. The van der Waals surface area contributed by atoms with Gasteiger partial charge in [-0.25, -0.2) is 14.2 Å². The normalized spacial score (nSPS) is 24.4. The second-order valence-corrected chi connectivity index (χ2v) is 12.9. The summed E-state index contributed by atoms with van der Waals surface area (Å²) in [5.74, 6) is 0.242. The highest BCUT2D eigenvalue weighted by Gasteiger charge is 2.47. The van der Waals surface area contributed by atoms with E-state index >= 15 is 4.39 Å². The van der Waals surface area contributed by atoms with Crippen LogP contribution >= 0.6 is 0 Å². The molecule has 2 unspecified atom stereocenters. The van der Waals surface area contributed by atoms with Gasteiger partial charge in [-0.15, -0.1) is 0 Å². The fraction of sp³-hybridized carbons (Fsp3) is 0.417. The highest BCUT2D eigenvalue weighted by molar-refractivity contribution is 5.96. The van der Waals surface area contributed by atoms with Crippen LogP contribution in [0.5, 0.6) is 17.2 Å². The number of hydrogen-bond donors (Lipinski definition) is 0. The number of rotatable bonds is 8. The van der Waals surface area contributed by atoms with Crippen molar-refractivity contribution in [1.82, 2.24) is 14.5 Å². The van der Waals surface area contributed by atoms with Crippen molar-refractivity contribution >= 4 is 22.7 Å². The molecule has 12 heteroatoms. The van der Waals surface area contributed by atoms with Gasteiger partial charge in [0.15, 0.2) is 11.5 Å². The molecular formula is C36H36FN5O6. The number of fused-ring (bicyclic) bond motifs is 3. The molecule has 0 spiro atoms. The van der Waals surface area contributed by atoms with Crippen LogP contribution in [0.2, 0.25) is 0 Å². The van der Waals surface area contributed by atoms with E-state index in [1.807, 2.05) is 30.3 Å². The molecule has 3 aromatic carbocycles. The van der Waals surface area contributed by atoms with E-state index in [0.717, 1.165) is 56.0 Å². The molecule has 4 heterocycles. The lowest BCUT2D eigenvalue weighted by molar-refractivity contribution is -0.0706. The minimum absolute atomic E-state index is 0.0908. The van der Waals surface area contributed by atoms with Crippen LogP contribution in [0.3, 0.4) is 0 Å². The Morgan fingerprint density at radius 1 is 1.10 bits per heavy atom. The van der Waals surface area contributed by atoms with Gasteiger partial charge in [0.25, 0.3) is 5.79 Å². The number of benzene rings is 3. The second kappa shape index (κ2) is 11.7. The number of methoxy groups -OCH3 is 2. The standard InChI is InChI=1S/C36H36FN5O6/c1-36(24-8-7-21(18-38)15-25(24)37)47-30-6-4-5-28(34(30)48-36)41-13-12-40(26-9-10-27(26)41)20-32-39-33-29(42(32)19-23-11-14-46-23)16-22(35(43)45-3)17-31(33)44-2/h4-8,15-17,23,26-27H,9-14,19-20H2,1-3H3/t23-,26?,27?,36+/m0/s1. The van der Waals surface area contributed by atoms with Gasteiger partial charge in [-0.3, -0.25) is 4.90 Å². The van der Waals surface area contributed by atoms with Crippen molar-refractivity contribution in [2.45, 2.75) is 63.3 Å². The Labute approximate surface area is 277 Å². The first-order chi connectivity index (χ1) is 23.3. The first-order valence-corrected chi connectivity index (χ1v) is 16.3. The molecule has 3 aliphatic heterocycles. The van der Waals surface area contributed by atoms with Crippen LogP contribution in [0.1, 0.15) is 53.5 Å². The summed E-state index contributed by atoms with van der Waals surface area (Å²) in [4.78, 5) is 22.5. The first-order valence-electron chi connectivity index (χ1n) is 16.3. The number of aromatic nitrogens is 2. The summed E-state index contributed by atoms with van der Waals surface area (Å²) in [6.07, 6.45) is 3.13. The van der Waals surface area contributed by atoms with E-state index in [1.165, 1.54) is 13.2 Å². The maximum Gasteiger partial charge on any atom is 0.338 e. The van der Waals surface area contributed by atoms with E-state index < -0.39 is 17.6 Å². The van der Waals surface area contributed by atoms with Gasteiger partial charge in [0.05, 0.1) is 67.4 Å². The number of anilines is 1. The number of piperazine rings is 1. The van der Waals surface area contributed by atoms with Crippen LogP contribution in [0.4, 0.5) is 10.1 Å². The fourth-order valence-electron chi connectivity index (χ4n) is 7.49. The van der Waals surface area contributed by atoms with Crippen molar-refractivity contribution < 1.29 is 32.9 Å². The Kier molecular flexibility index (Phi) is 7.42. The van der Waals surface area contributed by atoms with Gasteiger partial charge >= 0.3 is 5.97 Å². The molecule has 0 N–H and O–H groups in total. The molecule has 4 atom stereocenters. The molecule has 1 aromatic heterocycles. The van der Waals surface area contributed by atoms with Gasteiger partial charge in [0.2, 0.25) is 0 Å². The molecule has 4 aromatic rings. The number of para-hydroxylation sites is 1. The molecule has 1 aliphatic carbocycles. The number of esters is 1. The lowest BCUT2D eigenvalue weighted by Crippen LogP contribution is -2.64. The molecule has 0 radical (unpaired) electrons. The highest BCUT2D eigenvalue weighted by Crippen LogP contribution is 2.51. The molecule has 11 nitrogen and oxygen atoms in total. The summed E-state index contributed by atoms with van der Waals surface area (Å²) in [6, 6.07) is 16.2. The Hall–Kier alpha value is -4.86. The van der Waals surface area contributed by atoms with Crippen molar-refractivity contribution in [2.24, 2.45) is 0 Å². The van der Waals surface area contributed by atoms with Crippen LogP contribution in [0.25, 0.3) is 11.0 Å².